The minimum atomic E-state index is 0.510. The van der Waals surface area contributed by atoms with Gasteiger partial charge in [0.1, 0.15) is 36.9 Å². The molecule has 0 saturated carbocycles. The van der Waals surface area contributed by atoms with Gasteiger partial charge in [-0.2, -0.15) is 0 Å². The number of rotatable bonds is 8. The zero-order valence-electron chi connectivity index (χ0n) is 23.3. The average Bonchev–Trinajstić information content (AvgIpc) is 3.73. The second kappa shape index (κ2) is 10.7. The Morgan fingerprint density at radius 2 is 1.18 bits per heavy atom. The summed E-state index contributed by atoms with van der Waals surface area (Å²) in [5.74, 6) is 0. The number of aryl methyl sites for hydroxylation is 4. The van der Waals surface area contributed by atoms with Crippen molar-refractivity contribution in [2.24, 2.45) is 0 Å². The number of imidazole rings is 2. The molecule has 0 amide bonds. The van der Waals surface area contributed by atoms with E-state index in [2.05, 4.69) is 104 Å². The van der Waals surface area contributed by atoms with Gasteiger partial charge in [-0.3, -0.25) is 0 Å². The van der Waals surface area contributed by atoms with Crippen LogP contribution in [0.1, 0.15) is 42.5 Å². The first-order valence-electron chi connectivity index (χ1n) is 14.3. The number of benzene rings is 2. The van der Waals surface area contributed by atoms with Gasteiger partial charge in [0, 0.05) is 55.1 Å². The van der Waals surface area contributed by atoms with Crippen molar-refractivity contribution >= 4 is 22.7 Å². The van der Waals surface area contributed by atoms with Crippen LogP contribution in [0.2, 0.25) is 0 Å². The molecule has 8 nitrogen and oxygen atoms in total. The molecule has 4 aromatic rings. The van der Waals surface area contributed by atoms with E-state index in [9.17, 15) is 0 Å². The number of hydrogen-bond acceptors (Lipinski definition) is 4. The molecular formula is C31H42N8+2. The topological polar surface area (TPSA) is 76.1 Å². The molecule has 8 heteroatoms. The standard InChI is InChI=1S/C31H42N8/c1-24-18-26(4-6-30(24)32)36-12-8-28(20-36)38-16-14-34(22-38)10-3-11-35-15-17-39(23-35)29-9-13-37(21-29)27-5-7-31(33)25(2)19-27/h4-7,14-19,22-23,28-29H,3,8-13,20-21,32-33H2,1-2H3/q+2. The predicted molar refractivity (Wildman–Crippen MR) is 157 cm³/mol. The normalized spacial score (nSPS) is 19.3. The molecular weight excluding hydrogens is 484 g/mol. The fourth-order valence-corrected chi connectivity index (χ4v) is 6.11. The van der Waals surface area contributed by atoms with Crippen molar-refractivity contribution in [3.63, 3.8) is 0 Å². The van der Waals surface area contributed by atoms with Crippen LogP contribution in [-0.4, -0.2) is 35.3 Å². The van der Waals surface area contributed by atoms with Crippen LogP contribution in [-0.2, 0) is 13.1 Å². The van der Waals surface area contributed by atoms with Crippen LogP contribution in [0.4, 0.5) is 22.7 Å². The third-order valence-electron chi connectivity index (χ3n) is 8.66. The summed E-state index contributed by atoms with van der Waals surface area (Å²) in [4.78, 5) is 4.95. The average molecular weight is 527 g/mol. The summed E-state index contributed by atoms with van der Waals surface area (Å²) in [6.07, 6.45) is 16.9. The van der Waals surface area contributed by atoms with Crippen LogP contribution >= 0.6 is 0 Å². The highest BCUT2D eigenvalue weighted by atomic mass is 15.2. The number of nitrogens with zero attached hydrogens (tertiary/aromatic N) is 6. The Bertz CT molecular complexity index is 1330. The van der Waals surface area contributed by atoms with Crippen molar-refractivity contribution in [1.82, 2.24) is 9.13 Å². The lowest BCUT2D eigenvalue weighted by Crippen LogP contribution is -2.37. The van der Waals surface area contributed by atoms with Crippen molar-refractivity contribution in [2.45, 2.75) is 58.3 Å². The molecule has 0 radical (unpaired) electrons. The highest BCUT2D eigenvalue weighted by Gasteiger charge is 2.29. The van der Waals surface area contributed by atoms with Crippen molar-refractivity contribution in [3.05, 3.63) is 85.0 Å². The minimum Gasteiger partial charge on any atom is -0.399 e. The van der Waals surface area contributed by atoms with Gasteiger partial charge < -0.3 is 21.3 Å². The van der Waals surface area contributed by atoms with Crippen LogP contribution in [0.25, 0.3) is 0 Å². The molecule has 4 N–H and O–H groups in total. The Morgan fingerprint density at radius 3 is 1.62 bits per heavy atom. The lowest BCUT2D eigenvalue weighted by molar-refractivity contribution is -0.726. The van der Waals surface area contributed by atoms with Gasteiger partial charge in [-0.15, -0.1) is 0 Å². The Labute approximate surface area is 231 Å². The smallest absolute Gasteiger partial charge is 0.244 e. The van der Waals surface area contributed by atoms with E-state index in [4.69, 9.17) is 11.5 Å². The predicted octanol–water partition coefficient (Wildman–Crippen LogP) is 3.64. The summed E-state index contributed by atoms with van der Waals surface area (Å²) >= 11 is 0. The number of aromatic nitrogens is 4. The van der Waals surface area contributed by atoms with Gasteiger partial charge in [0.25, 0.3) is 0 Å². The molecule has 2 fully saturated rings. The first-order valence-corrected chi connectivity index (χ1v) is 14.3. The van der Waals surface area contributed by atoms with Crippen molar-refractivity contribution < 1.29 is 9.13 Å². The Kier molecular flexibility index (Phi) is 6.94. The van der Waals surface area contributed by atoms with E-state index in [1.165, 1.54) is 11.4 Å². The van der Waals surface area contributed by atoms with Crippen molar-refractivity contribution in [3.8, 4) is 0 Å². The number of nitrogen functional groups attached to an aromatic ring is 2. The summed E-state index contributed by atoms with van der Waals surface area (Å²) in [5.41, 5.74) is 18.6. The van der Waals surface area contributed by atoms with E-state index >= 15 is 0 Å². The summed E-state index contributed by atoms with van der Waals surface area (Å²) in [6, 6.07) is 13.8. The monoisotopic (exact) mass is 526 g/mol. The number of nitrogens with two attached hydrogens (primary N) is 2. The Hall–Kier alpha value is -3.94. The van der Waals surface area contributed by atoms with E-state index in [1.807, 2.05) is 12.1 Å². The zero-order valence-corrected chi connectivity index (χ0v) is 23.3. The van der Waals surface area contributed by atoms with Gasteiger partial charge in [-0.25, -0.2) is 18.3 Å². The van der Waals surface area contributed by atoms with E-state index in [0.717, 1.165) is 81.0 Å². The third-order valence-corrected chi connectivity index (χ3v) is 8.66. The van der Waals surface area contributed by atoms with Gasteiger partial charge >= 0.3 is 0 Å². The highest BCUT2D eigenvalue weighted by molar-refractivity contribution is 5.59. The van der Waals surface area contributed by atoms with E-state index in [1.54, 1.807) is 0 Å². The molecule has 39 heavy (non-hydrogen) atoms. The fraction of sp³-hybridized carbons (Fsp3) is 0.419. The maximum absolute atomic E-state index is 6.02. The third kappa shape index (κ3) is 5.46. The molecule has 0 bridgehead atoms. The van der Waals surface area contributed by atoms with Gasteiger partial charge in [0.2, 0.25) is 12.7 Å². The van der Waals surface area contributed by atoms with E-state index in [0.29, 0.717) is 12.1 Å². The fourth-order valence-electron chi connectivity index (χ4n) is 6.11. The molecule has 6 rings (SSSR count). The van der Waals surface area contributed by atoms with Crippen LogP contribution < -0.4 is 30.4 Å². The number of anilines is 4. The van der Waals surface area contributed by atoms with Crippen LogP contribution in [0, 0.1) is 13.8 Å². The molecule has 204 valence electrons. The van der Waals surface area contributed by atoms with Crippen LogP contribution in [0.3, 0.4) is 0 Å². The zero-order chi connectivity index (χ0) is 26.9. The van der Waals surface area contributed by atoms with Crippen LogP contribution in [0.5, 0.6) is 0 Å². The molecule has 4 heterocycles. The summed E-state index contributed by atoms with van der Waals surface area (Å²) in [7, 11) is 0. The molecule has 0 aliphatic carbocycles. The maximum atomic E-state index is 6.02. The van der Waals surface area contributed by atoms with Gasteiger partial charge in [-0.1, -0.05) is 0 Å². The molecule has 0 spiro atoms. The molecule has 2 atom stereocenters. The molecule has 2 saturated heterocycles. The second-order valence-corrected chi connectivity index (χ2v) is 11.4. The quantitative estimate of drug-likeness (QED) is 0.272. The molecule has 2 aliphatic rings. The minimum absolute atomic E-state index is 0.510. The maximum Gasteiger partial charge on any atom is 0.244 e. The van der Waals surface area contributed by atoms with E-state index < -0.39 is 0 Å². The van der Waals surface area contributed by atoms with Crippen molar-refractivity contribution in [1.29, 1.82) is 0 Å². The number of hydrogen-bond donors (Lipinski definition) is 2. The first-order chi connectivity index (χ1) is 18.9. The van der Waals surface area contributed by atoms with Crippen molar-refractivity contribution in [2.75, 3.05) is 47.4 Å². The lowest BCUT2D eigenvalue weighted by Gasteiger charge is -2.18. The molecule has 2 aliphatic heterocycles. The SMILES string of the molecule is Cc1cc(N2CCC(n3cc[n+](CCC[n+]4ccn(C5CCN(c6ccc(N)c(C)c6)C5)c4)c3)C2)ccc1N. The first kappa shape index (κ1) is 25.3. The van der Waals surface area contributed by atoms with Gasteiger partial charge in [0.05, 0.1) is 26.2 Å². The largest absolute Gasteiger partial charge is 0.399 e. The summed E-state index contributed by atoms with van der Waals surface area (Å²) in [6.45, 7) is 10.5. The Balaban J connectivity index is 0.981. The molecule has 2 aromatic heterocycles. The molecule has 2 aromatic carbocycles. The van der Waals surface area contributed by atoms with Gasteiger partial charge in [-0.05, 0) is 61.4 Å². The summed E-state index contributed by atoms with van der Waals surface area (Å²) in [5, 5.41) is 0. The van der Waals surface area contributed by atoms with Crippen LogP contribution in [0.15, 0.2) is 73.8 Å². The summed E-state index contributed by atoms with van der Waals surface area (Å²) < 4.78 is 9.44. The highest BCUT2D eigenvalue weighted by Crippen LogP contribution is 2.30. The molecule has 2 unspecified atom stereocenters. The lowest BCUT2D eigenvalue weighted by atomic mass is 10.2. The van der Waals surface area contributed by atoms with Gasteiger partial charge in [0.15, 0.2) is 0 Å². The Morgan fingerprint density at radius 1 is 0.718 bits per heavy atom. The van der Waals surface area contributed by atoms with E-state index in [-0.39, 0.29) is 0 Å². The second-order valence-electron chi connectivity index (χ2n) is 11.4.